The molecule has 1 aliphatic carbocycles. The van der Waals surface area contributed by atoms with Crippen molar-refractivity contribution < 1.29 is 17.6 Å². The van der Waals surface area contributed by atoms with Gasteiger partial charge in [0.05, 0.1) is 27.9 Å². The van der Waals surface area contributed by atoms with Gasteiger partial charge in [-0.25, -0.2) is 22.5 Å². The number of thiazole rings is 1. The van der Waals surface area contributed by atoms with E-state index in [1.807, 2.05) is 12.1 Å². The molecule has 41 heavy (non-hydrogen) atoms. The number of ketones is 1. The van der Waals surface area contributed by atoms with E-state index in [1.165, 1.54) is 27.8 Å². The minimum atomic E-state index is -3.87. The third-order valence-electron chi connectivity index (χ3n) is 8.44. The van der Waals surface area contributed by atoms with E-state index in [2.05, 4.69) is 15.0 Å². The maximum absolute atomic E-state index is 14.2. The molecular weight excluding hydrogens is 561 g/mol. The van der Waals surface area contributed by atoms with Crippen molar-refractivity contribution in [1.29, 1.82) is 0 Å². The maximum atomic E-state index is 14.2. The minimum absolute atomic E-state index is 0.0225. The monoisotopic (exact) mass is 589 g/mol. The Hall–Kier alpha value is -3.67. The molecule has 0 saturated carbocycles. The molecule has 0 bridgehead atoms. The Morgan fingerprint density at radius 2 is 1.83 bits per heavy atom. The fourth-order valence-corrected chi connectivity index (χ4v) is 8.53. The van der Waals surface area contributed by atoms with Crippen LogP contribution in [0.2, 0.25) is 0 Å². The number of nitrogens with zero attached hydrogens (tertiary/aromatic N) is 5. The van der Waals surface area contributed by atoms with Crippen LogP contribution in [0.5, 0.6) is 0 Å². The number of Topliss-reactive ketones (excluding diaryl/α,β-unsaturated/α-hetero) is 1. The molecule has 2 aromatic carbocycles. The summed E-state index contributed by atoms with van der Waals surface area (Å²) in [5, 5.41) is 6.68. The summed E-state index contributed by atoms with van der Waals surface area (Å²) in [6.45, 7) is 2.12. The summed E-state index contributed by atoms with van der Waals surface area (Å²) in [4.78, 5) is 21.0. The molecule has 210 valence electrons. The Kier molecular flexibility index (Phi) is 6.40. The van der Waals surface area contributed by atoms with E-state index in [0.29, 0.717) is 23.5 Å². The average Bonchev–Trinajstić information content (AvgIpc) is 3.78. The Morgan fingerprint density at radius 1 is 1.02 bits per heavy atom. The Bertz CT molecular complexity index is 1760. The van der Waals surface area contributed by atoms with Gasteiger partial charge >= 0.3 is 0 Å². The Morgan fingerprint density at radius 3 is 2.59 bits per heavy atom. The van der Waals surface area contributed by atoms with Crippen molar-refractivity contribution in [3.8, 4) is 5.69 Å². The van der Waals surface area contributed by atoms with Crippen molar-refractivity contribution >= 4 is 38.9 Å². The smallest absolute Gasteiger partial charge is 0.243 e. The molecular formula is C30H28FN5O3S2. The highest BCUT2D eigenvalue weighted by Crippen LogP contribution is 2.47. The summed E-state index contributed by atoms with van der Waals surface area (Å²) in [7, 11) is -3.87. The van der Waals surface area contributed by atoms with E-state index in [1.54, 1.807) is 52.8 Å². The van der Waals surface area contributed by atoms with Crippen LogP contribution in [-0.4, -0.2) is 59.4 Å². The van der Waals surface area contributed by atoms with E-state index >= 15 is 0 Å². The van der Waals surface area contributed by atoms with Crippen LogP contribution in [0.15, 0.2) is 76.8 Å². The first-order valence-electron chi connectivity index (χ1n) is 13.7. The largest absolute Gasteiger partial charge is 0.371 e. The molecule has 0 radical (unpaired) electrons. The van der Waals surface area contributed by atoms with Crippen molar-refractivity contribution in [2.45, 2.75) is 30.6 Å². The molecule has 7 rings (SSSR count). The topological polar surface area (TPSA) is 88.4 Å². The number of hydrogen-bond donors (Lipinski definition) is 0. The molecule has 0 spiro atoms. The molecule has 0 amide bonds. The lowest BCUT2D eigenvalue weighted by atomic mass is 9.66. The maximum Gasteiger partial charge on any atom is 0.243 e. The molecule has 3 aliphatic rings. The van der Waals surface area contributed by atoms with Crippen LogP contribution < -0.4 is 4.90 Å². The molecule has 8 nitrogen and oxygen atoms in total. The van der Waals surface area contributed by atoms with Crippen LogP contribution in [0, 0.1) is 11.2 Å². The lowest BCUT2D eigenvalue weighted by Gasteiger charge is -2.44. The number of carbonyl (C=O) groups is 1. The fourth-order valence-electron chi connectivity index (χ4n) is 6.31. The number of hydrogen-bond acceptors (Lipinski definition) is 7. The quantitative estimate of drug-likeness (QED) is 0.295. The van der Waals surface area contributed by atoms with Crippen molar-refractivity contribution in [2.75, 3.05) is 31.1 Å². The highest BCUT2D eigenvalue weighted by Gasteiger charge is 2.51. The predicted octanol–water partition coefficient (Wildman–Crippen LogP) is 4.97. The summed E-state index contributed by atoms with van der Waals surface area (Å²) in [6, 6.07) is 13.2. The first-order chi connectivity index (χ1) is 19.8. The first-order valence-corrected chi connectivity index (χ1v) is 16.0. The van der Waals surface area contributed by atoms with Gasteiger partial charge in [-0.2, -0.15) is 9.40 Å². The van der Waals surface area contributed by atoms with Gasteiger partial charge in [-0.3, -0.25) is 4.79 Å². The first kappa shape index (κ1) is 26.2. The van der Waals surface area contributed by atoms with Crippen LogP contribution >= 0.6 is 11.3 Å². The van der Waals surface area contributed by atoms with Crippen LogP contribution in [0.4, 0.5) is 10.1 Å². The standard InChI is InChI=1S/C30H28FN5O3S2/c31-23-6-8-24(9-7-23)36-27-16-22-10-14-35(41(38,39)26-5-3-4-25(17-26)34-12-1-2-13-34)20-30(22,18-21(27)19-33-36)28(37)29-32-11-15-40-29/h3-9,11,15-17,19H,1-2,10,12-14,18,20H2/t30-/m0/s1. The van der Waals surface area contributed by atoms with Crippen molar-refractivity contribution in [1.82, 2.24) is 19.1 Å². The van der Waals surface area contributed by atoms with Gasteiger partial charge in [0.25, 0.3) is 0 Å². The van der Waals surface area contributed by atoms with Crippen molar-refractivity contribution in [2.24, 2.45) is 5.41 Å². The molecule has 11 heteroatoms. The molecule has 2 fully saturated rings. The molecule has 4 aromatic rings. The summed E-state index contributed by atoms with van der Waals surface area (Å²) >= 11 is 1.26. The van der Waals surface area contributed by atoms with E-state index in [9.17, 15) is 17.6 Å². The number of sulfonamides is 1. The van der Waals surface area contributed by atoms with Gasteiger partial charge in [0.15, 0.2) is 5.01 Å². The molecule has 1 atom stereocenters. The van der Waals surface area contributed by atoms with Gasteiger partial charge in [-0.05, 0) is 79.8 Å². The fraction of sp³-hybridized carbons (Fsp3) is 0.300. The number of rotatable bonds is 6. The van der Waals surface area contributed by atoms with Crippen molar-refractivity contribution in [3.63, 3.8) is 0 Å². The third kappa shape index (κ3) is 4.43. The van der Waals surface area contributed by atoms with Gasteiger partial charge in [0.1, 0.15) is 5.82 Å². The molecule has 4 heterocycles. The van der Waals surface area contributed by atoms with Gasteiger partial charge in [-0.1, -0.05) is 11.6 Å². The molecule has 2 aromatic heterocycles. The normalized spacial score (nSPS) is 20.9. The Labute approximate surface area is 241 Å². The van der Waals surface area contributed by atoms with Gasteiger partial charge in [-0.15, -0.1) is 11.3 Å². The number of anilines is 1. The van der Waals surface area contributed by atoms with E-state index in [0.717, 1.165) is 48.4 Å². The predicted molar refractivity (Wildman–Crippen MR) is 155 cm³/mol. The lowest BCUT2D eigenvalue weighted by Crippen LogP contribution is -2.53. The summed E-state index contributed by atoms with van der Waals surface area (Å²) in [6.07, 6.45) is 8.18. The van der Waals surface area contributed by atoms with Crippen LogP contribution in [0.1, 0.15) is 40.3 Å². The lowest BCUT2D eigenvalue weighted by molar-refractivity contribution is 0.0775. The van der Waals surface area contributed by atoms with E-state index < -0.39 is 15.4 Å². The average molecular weight is 590 g/mol. The number of benzene rings is 2. The second kappa shape index (κ2) is 10.0. The van der Waals surface area contributed by atoms with E-state index in [4.69, 9.17) is 0 Å². The molecule has 2 saturated heterocycles. The van der Waals surface area contributed by atoms with E-state index in [-0.39, 0.29) is 29.6 Å². The summed E-state index contributed by atoms with van der Waals surface area (Å²) in [5.74, 6) is -0.509. The highest BCUT2D eigenvalue weighted by atomic mass is 32.2. The zero-order valence-corrected chi connectivity index (χ0v) is 23.9. The third-order valence-corrected chi connectivity index (χ3v) is 11.1. The van der Waals surface area contributed by atoms with Crippen LogP contribution in [-0.2, 0) is 16.4 Å². The summed E-state index contributed by atoms with van der Waals surface area (Å²) in [5.41, 5.74) is 3.04. The number of carbonyl (C=O) groups excluding carboxylic acids is 1. The number of halogens is 1. The SMILES string of the molecule is O=C(c1nccs1)[C@]12Cc3cnn(-c4ccc(F)cc4)c3C=C1CCN(S(=O)(=O)c1cccc(N3CCCC3)c1)C2. The number of aromatic nitrogens is 3. The highest BCUT2D eigenvalue weighted by molar-refractivity contribution is 7.89. The Balaban J connectivity index is 1.28. The second-order valence-electron chi connectivity index (χ2n) is 10.8. The van der Waals surface area contributed by atoms with Gasteiger partial charge in [0, 0.05) is 43.4 Å². The number of fused-ring (bicyclic) bond motifs is 2. The van der Waals surface area contributed by atoms with Crippen molar-refractivity contribution in [3.05, 3.63) is 94.0 Å². The zero-order valence-electron chi connectivity index (χ0n) is 22.2. The zero-order chi connectivity index (χ0) is 28.2. The summed E-state index contributed by atoms with van der Waals surface area (Å²) < 4.78 is 44.9. The second-order valence-corrected chi connectivity index (χ2v) is 13.7. The van der Waals surface area contributed by atoms with Gasteiger partial charge < -0.3 is 4.90 Å². The molecule has 0 N–H and O–H groups in total. The van der Waals surface area contributed by atoms with Crippen LogP contribution in [0.25, 0.3) is 11.8 Å². The van der Waals surface area contributed by atoms with Crippen LogP contribution in [0.3, 0.4) is 0 Å². The molecule has 2 aliphatic heterocycles. The number of piperidine rings is 1. The molecule has 0 unspecified atom stereocenters. The van der Waals surface area contributed by atoms with Gasteiger partial charge in [0.2, 0.25) is 15.8 Å². The minimum Gasteiger partial charge on any atom is -0.371 e.